The van der Waals surface area contributed by atoms with E-state index in [4.69, 9.17) is 0 Å². The van der Waals surface area contributed by atoms with Gasteiger partial charge in [-0.1, -0.05) is 35.9 Å². The number of nitrogens with one attached hydrogen (secondary N) is 1. The fourth-order valence-electron chi connectivity index (χ4n) is 3.51. The van der Waals surface area contributed by atoms with E-state index in [2.05, 4.69) is 10.8 Å². The molecule has 1 aliphatic rings. The Morgan fingerprint density at radius 2 is 1.62 bits per heavy atom. The summed E-state index contributed by atoms with van der Waals surface area (Å²) in [6, 6.07) is 21.2. The van der Waals surface area contributed by atoms with E-state index in [0.717, 1.165) is 24.1 Å². The molecule has 0 radical (unpaired) electrons. The molecule has 1 N–H and O–H groups in total. The van der Waals surface area contributed by atoms with Gasteiger partial charge in [0.15, 0.2) is 0 Å². The Kier molecular flexibility index (Phi) is 5.11. The Labute approximate surface area is 171 Å². The minimum absolute atomic E-state index is 0.0786. The molecule has 148 valence electrons. The highest BCUT2D eigenvalue weighted by atomic mass is 32.2. The van der Waals surface area contributed by atoms with Gasteiger partial charge in [0.1, 0.15) is 0 Å². The SMILES string of the molecule is Cc1ccc(S(=O)(=O)Nc2ccc(C(=O)N3CCCc4ccccc43)cc2)cc1. The number of rotatable bonds is 4. The maximum absolute atomic E-state index is 13.0. The van der Waals surface area contributed by atoms with Crippen LogP contribution in [0.2, 0.25) is 0 Å². The van der Waals surface area contributed by atoms with Crippen molar-refractivity contribution in [2.75, 3.05) is 16.2 Å². The molecule has 0 bridgehead atoms. The van der Waals surface area contributed by atoms with Crippen LogP contribution in [0.25, 0.3) is 0 Å². The van der Waals surface area contributed by atoms with E-state index < -0.39 is 10.0 Å². The molecule has 0 unspecified atom stereocenters. The summed E-state index contributed by atoms with van der Waals surface area (Å²) in [7, 11) is -3.67. The van der Waals surface area contributed by atoms with Crippen molar-refractivity contribution in [1.82, 2.24) is 0 Å². The molecule has 1 aliphatic heterocycles. The lowest BCUT2D eigenvalue weighted by Crippen LogP contribution is -2.35. The van der Waals surface area contributed by atoms with Crippen molar-refractivity contribution in [3.63, 3.8) is 0 Å². The number of aryl methyl sites for hydroxylation is 2. The first-order valence-corrected chi connectivity index (χ1v) is 11.0. The van der Waals surface area contributed by atoms with E-state index in [1.807, 2.05) is 25.1 Å². The van der Waals surface area contributed by atoms with E-state index in [-0.39, 0.29) is 10.8 Å². The van der Waals surface area contributed by atoms with Crippen LogP contribution in [0.5, 0.6) is 0 Å². The molecule has 6 heteroatoms. The molecule has 5 nitrogen and oxygen atoms in total. The highest BCUT2D eigenvalue weighted by molar-refractivity contribution is 7.92. The van der Waals surface area contributed by atoms with Crippen LogP contribution in [0.4, 0.5) is 11.4 Å². The largest absolute Gasteiger partial charge is 0.308 e. The molecule has 4 rings (SSSR count). The Balaban J connectivity index is 1.53. The van der Waals surface area contributed by atoms with Gasteiger partial charge in [-0.15, -0.1) is 0 Å². The first-order chi connectivity index (χ1) is 13.9. The van der Waals surface area contributed by atoms with Crippen LogP contribution in [-0.4, -0.2) is 20.9 Å². The zero-order valence-corrected chi connectivity index (χ0v) is 16.9. The number of nitrogens with zero attached hydrogens (tertiary/aromatic N) is 1. The summed E-state index contributed by atoms with van der Waals surface area (Å²) < 4.78 is 27.6. The quantitative estimate of drug-likeness (QED) is 0.699. The second-order valence-electron chi connectivity index (χ2n) is 7.18. The average Bonchev–Trinajstić information content (AvgIpc) is 2.73. The third-order valence-electron chi connectivity index (χ3n) is 5.07. The molecule has 0 aromatic heterocycles. The Morgan fingerprint density at radius 3 is 2.34 bits per heavy atom. The topological polar surface area (TPSA) is 66.5 Å². The minimum Gasteiger partial charge on any atom is -0.308 e. The van der Waals surface area contributed by atoms with E-state index in [0.29, 0.717) is 17.8 Å². The first-order valence-electron chi connectivity index (χ1n) is 9.53. The molecule has 0 spiro atoms. The lowest BCUT2D eigenvalue weighted by atomic mass is 10.0. The summed E-state index contributed by atoms with van der Waals surface area (Å²) in [4.78, 5) is 15.0. The van der Waals surface area contributed by atoms with Crippen molar-refractivity contribution in [1.29, 1.82) is 0 Å². The van der Waals surface area contributed by atoms with Gasteiger partial charge < -0.3 is 4.90 Å². The number of sulfonamides is 1. The Hall–Kier alpha value is -3.12. The number of hydrogen-bond donors (Lipinski definition) is 1. The second-order valence-corrected chi connectivity index (χ2v) is 8.87. The van der Waals surface area contributed by atoms with Crippen molar-refractivity contribution < 1.29 is 13.2 Å². The van der Waals surface area contributed by atoms with E-state index in [1.54, 1.807) is 53.4 Å². The van der Waals surface area contributed by atoms with Crippen LogP contribution in [0.1, 0.15) is 27.9 Å². The molecule has 1 heterocycles. The number of benzene rings is 3. The van der Waals surface area contributed by atoms with Crippen LogP contribution >= 0.6 is 0 Å². The standard InChI is InChI=1S/C23H22N2O3S/c1-17-8-14-21(15-9-17)29(27,28)24-20-12-10-19(11-13-20)23(26)25-16-4-6-18-5-2-3-7-22(18)25/h2-3,5,7-15,24H,4,6,16H2,1H3. The molecule has 3 aromatic carbocycles. The third kappa shape index (κ3) is 4.03. The molecular weight excluding hydrogens is 384 g/mol. The molecule has 0 saturated carbocycles. The molecule has 0 aliphatic carbocycles. The van der Waals surface area contributed by atoms with Gasteiger partial charge in [0.25, 0.3) is 15.9 Å². The summed E-state index contributed by atoms with van der Waals surface area (Å²) in [6.45, 7) is 2.58. The van der Waals surface area contributed by atoms with E-state index in [1.165, 1.54) is 5.56 Å². The molecular formula is C23H22N2O3S. The number of carbonyl (C=O) groups is 1. The van der Waals surface area contributed by atoms with Gasteiger partial charge in [-0.25, -0.2) is 8.42 Å². The van der Waals surface area contributed by atoms with Crippen LogP contribution in [0.15, 0.2) is 77.7 Å². The second kappa shape index (κ2) is 7.72. The summed E-state index contributed by atoms with van der Waals surface area (Å²) in [5.41, 5.74) is 4.06. The van der Waals surface area contributed by atoms with Crippen molar-refractivity contribution in [2.45, 2.75) is 24.7 Å². The first kappa shape index (κ1) is 19.2. The van der Waals surface area contributed by atoms with Gasteiger partial charge >= 0.3 is 0 Å². The van der Waals surface area contributed by atoms with Crippen molar-refractivity contribution in [3.05, 3.63) is 89.5 Å². The maximum atomic E-state index is 13.0. The van der Waals surface area contributed by atoms with Gasteiger partial charge in [0, 0.05) is 23.5 Å². The van der Waals surface area contributed by atoms with Crippen LogP contribution in [0.3, 0.4) is 0 Å². The van der Waals surface area contributed by atoms with Crippen molar-refractivity contribution in [3.8, 4) is 0 Å². The van der Waals surface area contributed by atoms with E-state index in [9.17, 15) is 13.2 Å². The average molecular weight is 407 g/mol. The number of hydrogen-bond acceptors (Lipinski definition) is 3. The van der Waals surface area contributed by atoms with Crippen LogP contribution in [-0.2, 0) is 16.4 Å². The highest BCUT2D eigenvalue weighted by Gasteiger charge is 2.23. The van der Waals surface area contributed by atoms with Gasteiger partial charge in [-0.05, 0) is 67.8 Å². The number of para-hydroxylation sites is 1. The Bertz CT molecular complexity index is 1140. The zero-order chi connectivity index (χ0) is 20.4. The molecule has 0 saturated heterocycles. The highest BCUT2D eigenvalue weighted by Crippen LogP contribution is 2.28. The van der Waals surface area contributed by atoms with Crippen LogP contribution in [0, 0.1) is 6.92 Å². The zero-order valence-electron chi connectivity index (χ0n) is 16.1. The van der Waals surface area contributed by atoms with Crippen molar-refractivity contribution in [2.24, 2.45) is 0 Å². The smallest absolute Gasteiger partial charge is 0.261 e. The van der Waals surface area contributed by atoms with Gasteiger partial charge in [0.2, 0.25) is 0 Å². The number of amides is 1. The number of carbonyl (C=O) groups excluding carboxylic acids is 1. The van der Waals surface area contributed by atoms with Crippen molar-refractivity contribution >= 4 is 27.3 Å². The number of fused-ring (bicyclic) bond motifs is 1. The van der Waals surface area contributed by atoms with E-state index >= 15 is 0 Å². The summed E-state index contributed by atoms with van der Waals surface area (Å²) in [5, 5.41) is 0. The third-order valence-corrected chi connectivity index (χ3v) is 6.47. The predicted octanol–water partition coefficient (Wildman–Crippen LogP) is 4.39. The summed E-state index contributed by atoms with van der Waals surface area (Å²) in [5.74, 6) is -0.0786. The molecule has 29 heavy (non-hydrogen) atoms. The maximum Gasteiger partial charge on any atom is 0.261 e. The monoisotopic (exact) mass is 406 g/mol. The van der Waals surface area contributed by atoms with Gasteiger partial charge in [-0.2, -0.15) is 0 Å². The fourth-order valence-corrected chi connectivity index (χ4v) is 4.57. The lowest BCUT2D eigenvalue weighted by Gasteiger charge is -2.29. The predicted molar refractivity (Wildman–Crippen MR) is 115 cm³/mol. The Morgan fingerprint density at radius 1 is 0.931 bits per heavy atom. The number of anilines is 2. The minimum atomic E-state index is -3.67. The van der Waals surface area contributed by atoms with Gasteiger partial charge in [-0.3, -0.25) is 9.52 Å². The fraction of sp³-hybridized carbons (Fsp3) is 0.174. The summed E-state index contributed by atoms with van der Waals surface area (Å²) in [6.07, 6.45) is 1.90. The molecule has 1 amide bonds. The summed E-state index contributed by atoms with van der Waals surface area (Å²) >= 11 is 0. The molecule has 3 aromatic rings. The lowest BCUT2D eigenvalue weighted by molar-refractivity contribution is 0.0985. The van der Waals surface area contributed by atoms with Gasteiger partial charge in [0.05, 0.1) is 4.90 Å². The normalized spacial score (nSPS) is 13.6. The molecule has 0 atom stereocenters. The molecule has 0 fully saturated rings. The van der Waals surface area contributed by atoms with Crippen LogP contribution < -0.4 is 9.62 Å².